The monoisotopic (exact) mass is 284 g/mol. The molecule has 1 saturated carbocycles. The smallest absolute Gasteiger partial charge is 0.244 e. The molecule has 3 N–H and O–H groups in total. The molecule has 0 bridgehead atoms. The third-order valence-electron chi connectivity index (χ3n) is 3.47. The Morgan fingerprint density at radius 3 is 2.53 bits per heavy atom. The average Bonchev–Trinajstić information content (AvgIpc) is 3.10. The molecule has 0 atom stereocenters. The fraction of sp³-hybridized carbons (Fsp3) is 0.538. The van der Waals surface area contributed by atoms with Crippen LogP contribution in [0.4, 0.5) is 5.69 Å². The number of rotatable bonds is 5. The van der Waals surface area contributed by atoms with Crippen molar-refractivity contribution in [2.24, 2.45) is 5.92 Å². The number of nitrogens with two attached hydrogens (primary N) is 1. The van der Waals surface area contributed by atoms with E-state index >= 15 is 0 Å². The van der Waals surface area contributed by atoms with Gasteiger partial charge in [-0.25, -0.2) is 13.1 Å². The first-order chi connectivity index (χ1) is 8.76. The fourth-order valence-electron chi connectivity index (χ4n) is 2.20. The molecule has 2 rings (SSSR count). The summed E-state index contributed by atoms with van der Waals surface area (Å²) in [6, 6.07) is 4.54. The molecule has 1 fully saturated rings. The number of hydrogen-bond donors (Lipinski definition) is 2. The van der Waals surface area contributed by atoms with Gasteiger partial charge in [-0.05, 0) is 44.7 Å². The fourth-order valence-corrected chi connectivity index (χ4v) is 3.82. The van der Waals surface area contributed by atoms with Gasteiger partial charge in [0.05, 0.1) is 7.11 Å². The van der Waals surface area contributed by atoms with E-state index in [1.807, 2.05) is 13.8 Å². The Hall–Kier alpha value is -1.27. The van der Waals surface area contributed by atoms with Crippen LogP contribution in [0.2, 0.25) is 0 Å². The highest BCUT2D eigenvalue weighted by molar-refractivity contribution is 7.89. The van der Waals surface area contributed by atoms with Crippen molar-refractivity contribution in [2.45, 2.75) is 37.1 Å². The molecule has 1 aliphatic carbocycles. The highest BCUT2D eigenvalue weighted by Gasteiger charge is 2.41. The Balaban J connectivity index is 2.34. The largest absolute Gasteiger partial charge is 0.495 e. The minimum Gasteiger partial charge on any atom is -0.495 e. The van der Waals surface area contributed by atoms with Gasteiger partial charge in [-0.1, -0.05) is 0 Å². The number of ether oxygens (including phenoxy) is 1. The lowest BCUT2D eigenvalue weighted by Crippen LogP contribution is -2.45. The molecule has 0 heterocycles. The van der Waals surface area contributed by atoms with Gasteiger partial charge in [-0.15, -0.1) is 0 Å². The van der Waals surface area contributed by atoms with Crippen LogP contribution < -0.4 is 15.2 Å². The van der Waals surface area contributed by atoms with Crippen molar-refractivity contribution < 1.29 is 13.2 Å². The molecule has 19 heavy (non-hydrogen) atoms. The number of sulfonamides is 1. The van der Waals surface area contributed by atoms with E-state index in [1.54, 1.807) is 6.07 Å². The second kappa shape index (κ2) is 4.68. The quantitative estimate of drug-likeness (QED) is 0.807. The Labute approximate surface area is 114 Å². The molecule has 0 spiro atoms. The Bertz CT molecular complexity index is 578. The molecule has 0 saturated heterocycles. The molecule has 106 valence electrons. The van der Waals surface area contributed by atoms with Gasteiger partial charge in [-0.3, -0.25) is 0 Å². The van der Waals surface area contributed by atoms with Gasteiger partial charge in [0, 0.05) is 17.3 Å². The molecule has 1 aliphatic rings. The predicted octanol–water partition coefficient (Wildman–Crippen LogP) is 1.74. The van der Waals surface area contributed by atoms with Crippen LogP contribution >= 0.6 is 0 Å². The SMILES string of the molecule is COc1cc(N)ccc1S(=O)(=O)NC(C)(C)C1CC1. The summed E-state index contributed by atoms with van der Waals surface area (Å²) in [6.07, 6.45) is 2.13. The van der Waals surface area contributed by atoms with Gasteiger partial charge >= 0.3 is 0 Å². The molecule has 5 nitrogen and oxygen atoms in total. The van der Waals surface area contributed by atoms with Gasteiger partial charge in [0.1, 0.15) is 10.6 Å². The van der Waals surface area contributed by atoms with Gasteiger partial charge < -0.3 is 10.5 Å². The van der Waals surface area contributed by atoms with Crippen LogP contribution in [-0.4, -0.2) is 21.1 Å². The molecule has 0 unspecified atom stereocenters. The first kappa shape index (κ1) is 14.1. The Morgan fingerprint density at radius 2 is 2.00 bits per heavy atom. The number of methoxy groups -OCH3 is 1. The Kier molecular flexibility index (Phi) is 3.49. The summed E-state index contributed by atoms with van der Waals surface area (Å²) in [5.74, 6) is 0.668. The molecule has 0 radical (unpaired) electrons. The molecular formula is C13H20N2O3S. The second-order valence-electron chi connectivity index (χ2n) is 5.51. The molecule has 0 amide bonds. The molecule has 6 heteroatoms. The van der Waals surface area contributed by atoms with E-state index in [0.717, 1.165) is 12.8 Å². The minimum atomic E-state index is -3.61. The summed E-state index contributed by atoms with van der Waals surface area (Å²) in [5, 5.41) is 0. The molecule has 1 aromatic rings. The van der Waals surface area contributed by atoms with Crippen molar-refractivity contribution in [1.82, 2.24) is 4.72 Å². The first-order valence-electron chi connectivity index (χ1n) is 6.24. The van der Waals surface area contributed by atoms with Crippen molar-refractivity contribution in [1.29, 1.82) is 0 Å². The highest BCUT2D eigenvalue weighted by atomic mass is 32.2. The molecule has 0 aliphatic heterocycles. The second-order valence-corrected chi connectivity index (χ2v) is 7.16. The van der Waals surface area contributed by atoms with E-state index in [-0.39, 0.29) is 10.6 Å². The number of anilines is 1. The zero-order chi connectivity index (χ0) is 14.3. The number of benzene rings is 1. The van der Waals surface area contributed by atoms with Crippen molar-refractivity contribution in [2.75, 3.05) is 12.8 Å². The van der Waals surface area contributed by atoms with E-state index in [9.17, 15) is 8.42 Å². The Morgan fingerprint density at radius 1 is 1.37 bits per heavy atom. The zero-order valence-corrected chi connectivity index (χ0v) is 12.3. The van der Waals surface area contributed by atoms with Crippen LogP contribution in [0, 0.1) is 5.92 Å². The van der Waals surface area contributed by atoms with Gasteiger partial charge in [-0.2, -0.15) is 0 Å². The summed E-state index contributed by atoms with van der Waals surface area (Å²) < 4.78 is 32.7. The van der Waals surface area contributed by atoms with E-state index < -0.39 is 15.6 Å². The topological polar surface area (TPSA) is 81.4 Å². The number of nitrogens with one attached hydrogen (secondary N) is 1. The molecule has 1 aromatic carbocycles. The normalized spacial score (nSPS) is 16.4. The third kappa shape index (κ3) is 3.01. The maximum atomic E-state index is 12.4. The van der Waals surface area contributed by atoms with Crippen LogP contribution in [0.5, 0.6) is 5.75 Å². The van der Waals surface area contributed by atoms with E-state index in [4.69, 9.17) is 10.5 Å². The zero-order valence-electron chi connectivity index (χ0n) is 11.4. The summed E-state index contributed by atoms with van der Waals surface area (Å²) in [4.78, 5) is 0.123. The van der Waals surface area contributed by atoms with Crippen LogP contribution in [0.3, 0.4) is 0 Å². The van der Waals surface area contributed by atoms with Gasteiger partial charge in [0.15, 0.2) is 0 Å². The number of nitrogen functional groups attached to an aromatic ring is 1. The minimum absolute atomic E-state index is 0.123. The maximum Gasteiger partial charge on any atom is 0.244 e. The lowest BCUT2D eigenvalue weighted by Gasteiger charge is -2.26. The van der Waals surface area contributed by atoms with E-state index in [1.165, 1.54) is 19.2 Å². The van der Waals surface area contributed by atoms with E-state index in [0.29, 0.717) is 11.6 Å². The van der Waals surface area contributed by atoms with E-state index in [2.05, 4.69) is 4.72 Å². The van der Waals surface area contributed by atoms with Crippen molar-refractivity contribution in [3.8, 4) is 5.75 Å². The van der Waals surface area contributed by atoms with Crippen molar-refractivity contribution >= 4 is 15.7 Å². The first-order valence-corrected chi connectivity index (χ1v) is 7.72. The average molecular weight is 284 g/mol. The van der Waals surface area contributed by atoms with Crippen LogP contribution in [0.15, 0.2) is 23.1 Å². The third-order valence-corrected chi connectivity index (χ3v) is 5.18. The summed E-state index contributed by atoms with van der Waals surface area (Å²) >= 11 is 0. The standard InChI is InChI=1S/C13H20N2O3S/c1-13(2,9-4-5-9)15-19(16,17)12-7-6-10(14)8-11(12)18-3/h6-9,15H,4-5,14H2,1-3H3. The highest BCUT2D eigenvalue weighted by Crippen LogP contribution is 2.40. The van der Waals surface area contributed by atoms with Gasteiger partial charge in [0.2, 0.25) is 10.0 Å². The number of hydrogen-bond acceptors (Lipinski definition) is 4. The summed E-state index contributed by atoms with van der Waals surface area (Å²) in [7, 11) is -2.18. The predicted molar refractivity (Wildman–Crippen MR) is 74.5 cm³/mol. The maximum absolute atomic E-state index is 12.4. The van der Waals surface area contributed by atoms with Crippen molar-refractivity contribution in [3.63, 3.8) is 0 Å². The van der Waals surface area contributed by atoms with Crippen LogP contribution in [0.1, 0.15) is 26.7 Å². The molecule has 0 aromatic heterocycles. The van der Waals surface area contributed by atoms with Crippen molar-refractivity contribution in [3.05, 3.63) is 18.2 Å². The van der Waals surface area contributed by atoms with Gasteiger partial charge in [0.25, 0.3) is 0 Å². The lowest BCUT2D eigenvalue weighted by atomic mass is 10.0. The summed E-state index contributed by atoms with van der Waals surface area (Å²) in [6.45, 7) is 3.82. The summed E-state index contributed by atoms with van der Waals surface area (Å²) in [5.41, 5.74) is 5.67. The molecular weight excluding hydrogens is 264 g/mol. The van der Waals surface area contributed by atoms with Crippen LogP contribution in [0.25, 0.3) is 0 Å². The lowest BCUT2D eigenvalue weighted by molar-refractivity contribution is 0.390. The van der Waals surface area contributed by atoms with Crippen LogP contribution in [-0.2, 0) is 10.0 Å².